The molecule has 0 saturated carbocycles. The molecule has 4 nitrogen and oxygen atoms in total. The second-order valence-corrected chi connectivity index (χ2v) is 9.38. The lowest BCUT2D eigenvalue weighted by Crippen LogP contribution is -2.13. The zero-order valence-electron chi connectivity index (χ0n) is 14.7. The van der Waals surface area contributed by atoms with E-state index in [1.807, 2.05) is 0 Å². The van der Waals surface area contributed by atoms with E-state index in [4.69, 9.17) is 8.37 Å². The van der Waals surface area contributed by atoms with Crippen molar-refractivity contribution in [2.75, 3.05) is 13.2 Å². The van der Waals surface area contributed by atoms with Gasteiger partial charge in [-0.1, -0.05) is 54.4 Å². The Balaban J connectivity index is 3.66. The van der Waals surface area contributed by atoms with Crippen molar-refractivity contribution in [3.63, 3.8) is 0 Å². The van der Waals surface area contributed by atoms with Crippen molar-refractivity contribution in [1.29, 1.82) is 0 Å². The van der Waals surface area contributed by atoms with Crippen LogP contribution in [-0.2, 0) is 18.8 Å². The van der Waals surface area contributed by atoms with E-state index in [2.05, 4.69) is 41.5 Å². The molecule has 5 heteroatoms. The van der Waals surface area contributed by atoms with E-state index in [9.17, 15) is 8.42 Å². The molecule has 0 bridgehead atoms. The van der Waals surface area contributed by atoms with Crippen LogP contribution in [0.1, 0.15) is 80.1 Å². The maximum absolute atomic E-state index is 11.5. The first kappa shape index (κ1) is 20.9. The highest BCUT2D eigenvalue weighted by molar-refractivity contribution is 7.81. The van der Waals surface area contributed by atoms with Gasteiger partial charge < -0.3 is 0 Å². The van der Waals surface area contributed by atoms with Gasteiger partial charge in [0.05, 0.1) is 13.2 Å². The predicted molar refractivity (Wildman–Crippen MR) is 87.4 cm³/mol. The summed E-state index contributed by atoms with van der Waals surface area (Å²) < 4.78 is 32.7. The summed E-state index contributed by atoms with van der Waals surface area (Å²) in [5.41, 5.74) is 0.560. The van der Waals surface area contributed by atoms with Gasteiger partial charge in [-0.05, 0) is 36.5 Å². The molecule has 0 radical (unpaired) electrons. The third-order valence-electron chi connectivity index (χ3n) is 3.10. The monoisotopic (exact) mass is 322 g/mol. The van der Waals surface area contributed by atoms with E-state index in [0.29, 0.717) is 0 Å². The number of hydrogen-bond acceptors (Lipinski definition) is 4. The Morgan fingerprint density at radius 1 is 0.667 bits per heavy atom. The molecule has 21 heavy (non-hydrogen) atoms. The van der Waals surface area contributed by atoms with Crippen molar-refractivity contribution in [2.45, 2.75) is 80.1 Å². The zero-order chi connectivity index (χ0) is 16.6. The van der Waals surface area contributed by atoms with E-state index >= 15 is 0 Å². The standard InChI is InChI=1S/C16H34O4S/c1-15(2,3)11-7-9-13-19-21(17,18)20-14-10-8-12-16(4,5)6/h7-14H2,1-6H3. The highest BCUT2D eigenvalue weighted by atomic mass is 32.3. The molecule has 128 valence electrons. The van der Waals surface area contributed by atoms with E-state index in [1.54, 1.807) is 0 Å². The summed E-state index contributed by atoms with van der Waals surface area (Å²) in [6.07, 6.45) is 5.52. The summed E-state index contributed by atoms with van der Waals surface area (Å²) in [6.45, 7) is 13.4. The average molecular weight is 323 g/mol. The maximum Gasteiger partial charge on any atom is 0.399 e. The molecule has 0 aliphatic carbocycles. The molecule has 0 aromatic carbocycles. The van der Waals surface area contributed by atoms with Gasteiger partial charge in [0.15, 0.2) is 0 Å². The van der Waals surface area contributed by atoms with Gasteiger partial charge in [-0.25, -0.2) is 8.37 Å². The molecular formula is C16H34O4S. The summed E-state index contributed by atoms with van der Waals surface area (Å²) in [5, 5.41) is 0. The van der Waals surface area contributed by atoms with E-state index in [0.717, 1.165) is 38.5 Å². The van der Waals surface area contributed by atoms with Crippen LogP contribution in [-0.4, -0.2) is 21.6 Å². The van der Waals surface area contributed by atoms with Crippen molar-refractivity contribution >= 4 is 10.4 Å². The molecule has 0 aromatic rings. The highest BCUT2D eigenvalue weighted by Gasteiger charge is 2.14. The molecule has 0 aliphatic rings. The van der Waals surface area contributed by atoms with Crippen LogP contribution in [0.2, 0.25) is 0 Å². The summed E-state index contributed by atoms with van der Waals surface area (Å²) in [5.74, 6) is 0. The van der Waals surface area contributed by atoms with Gasteiger partial charge in [0.25, 0.3) is 0 Å². The first-order valence-corrected chi connectivity index (χ1v) is 9.28. The Morgan fingerprint density at radius 2 is 1.00 bits per heavy atom. The molecule has 0 amide bonds. The zero-order valence-corrected chi connectivity index (χ0v) is 15.5. The lowest BCUT2D eigenvalue weighted by atomic mass is 9.90. The third-order valence-corrected chi connectivity index (χ3v) is 4.01. The van der Waals surface area contributed by atoms with Crippen LogP contribution in [0.4, 0.5) is 0 Å². The van der Waals surface area contributed by atoms with Crippen LogP contribution in [0.15, 0.2) is 0 Å². The van der Waals surface area contributed by atoms with Crippen LogP contribution >= 0.6 is 0 Å². The second kappa shape index (κ2) is 9.11. The Hall–Kier alpha value is -0.130. The van der Waals surface area contributed by atoms with Crippen LogP contribution < -0.4 is 0 Å². The summed E-state index contributed by atoms with van der Waals surface area (Å²) >= 11 is 0. The molecule has 0 aliphatic heterocycles. The minimum Gasteiger partial charge on any atom is -0.248 e. The van der Waals surface area contributed by atoms with Crippen LogP contribution in [0.25, 0.3) is 0 Å². The fraction of sp³-hybridized carbons (Fsp3) is 1.00. The highest BCUT2D eigenvalue weighted by Crippen LogP contribution is 2.22. The molecule has 0 heterocycles. The molecule has 0 saturated heterocycles. The normalized spacial score (nSPS) is 13.6. The Morgan fingerprint density at radius 3 is 1.29 bits per heavy atom. The van der Waals surface area contributed by atoms with Gasteiger partial charge in [0, 0.05) is 0 Å². The maximum atomic E-state index is 11.5. The van der Waals surface area contributed by atoms with Gasteiger partial charge in [-0.2, -0.15) is 8.42 Å². The van der Waals surface area contributed by atoms with Gasteiger partial charge in [0.1, 0.15) is 0 Å². The summed E-state index contributed by atoms with van der Waals surface area (Å²) in [7, 11) is -3.81. The van der Waals surface area contributed by atoms with Crippen LogP contribution in [0, 0.1) is 10.8 Å². The van der Waals surface area contributed by atoms with Crippen molar-refractivity contribution in [1.82, 2.24) is 0 Å². The SMILES string of the molecule is CC(C)(C)CCCCOS(=O)(=O)OCCCCC(C)(C)C. The van der Waals surface area contributed by atoms with Crippen LogP contribution in [0.5, 0.6) is 0 Å². The molecule has 0 N–H and O–H groups in total. The van der Waals surface area contributed by atoms with Crippen molar-refractivity contribution in [3.8, 4) is 0 Å². The number of unbranched alkanes of at least 4 members (excludes halogenated alkanes) is 2. The molecule has 0 unspecified atom stereocenters. The van der Waals surface area contributed by atoms with Crippen molar-refractivity contribution in [2.24, 2.45) is 10.8 Å². The van der Waals surface area contributed by atoms with Gasteiger partial charge in [-0.15, -0.1) is 0 Å². The fourth-order valence-corrected chi connectivity index (χ4v) is 2.58. The smallest absolute Gasteiger partial charge is 0.248 e. The second-order valence-electron chi connectivity index (χ2n) is 8.09. The minimum atomic E-state index is -3.81. The third kappa shape index (κ3) is 16.1. The number of hydrogen-bond donors (Lipinski definition) is 0. The molecular weight excluding hydrogens is 288 g/mol. The lowest BCUT2D eigenvalue weighted by Gasteiger charge is -2.17. The Labute approximate surface area is 131 Å². The molecule has 0 spiro atoms. The topological polar surface area (TPSA) is 52.6 Å². The largest absolute Gasteiger partial charge is 0.399 e. The Bertz CT molecular complexity index is 331. The average Bonchev–Trinajstić information content (AvgIpc) is 2.24. The van der Waals surface area contributed by atoms with Crippen LogP contribution in [0.3, 0.4) is 0 Å². The minimum absolute atomic E-state index is 0.209. The van der Waals surface area contributed by atoms with Gasteiger partial charge in [-0.3, -0.25) is 0 Å². The van der Waals surface area contributed by atoms with Crippen molar-refractivity contribution in [3.05, 3.63) is 0 Å². The summed E-state index contributed by atoms with van der Waals surface area (Å²) in [4.78, 5) is 0. The molecule has 0 atom stereocenters. The van der Waals surface area contributed by atoms with Crippen molar-refractivity contribution < 1.29 is 16.8 Å². The van der Waals surface area contributed by atoms with E-state index < -0.39 is 10.4 Å². The number of rotatable bonds is 10. The lowest BCUT2D eigenvalue weighted by molar-refractivity contribution is 0.203. The summed E-state index contributed by atoms with van der Waals surface area (Å²) in [6, 6.07) is 0. The first-order valence-electron chi connectivity index (χ1n) is 7.95. The molecule has 0 rings (SSSR count). The van der Waals surface area contributed by atoms with Gasteiger partial charge >= 0.3 is 10.4 Å². The van der Waals surface area contributed by atoms with Gasteiger partial charge in [0.2, 0.25) is 0 Å². The predicted octanol–water partition coefficient (Wildman–Crippen LogP) is 4.70. The first-order chi connectivity index (χ1) is 9.41. The van der Waals surface area contributed by atoms with E-state index in [-0.39, 0.29) is 24.0 Å². The Kier molecular flexibility index (Phi) is 9.05. The van der Waals surface area contributed by atoms with E-state index in [1.165, 1.54) is 0 Å². The quantitative estimate of drug-likeness (QED) is 0.547. The molecule has 0 aromatic heterocycles. The molecule has 0 fully saturated rings. The fourth-order valence-electron chi connectivity index (χ4n) is 1.87.